The fourth-order valence-corrected chi connectivity index (χ4v) is 4.62. The molecule has 1 amide bonds. The Labute approximate surface area is 219 Å². The fourth-order valence-electron chi connectivity index (χ4n) is 4.46. The smallest absolute Gasteiger partial charge is 0.341 e. The number of carboxylic acid groups (broad SMARTS) is 1. The first-order valence-electron chi connectivity index (χ1n) is 12.2. The number of carbonyl (C=O) groups excluding carboxylic acids is 1. The number of hydrogen-bond donors (Lipinski definition) is 2. The third-order valence-electron chi connectivity index (χ3n) is 6.07. The lowest BCUT2D eigenvalue weighted by Crippen LogP contribution is -2.33. The van der Waals surface area contributed by atoms with Gasteiger partial charge in [0.15, 0.2) is 12.4 Å². The van der Waals surface area contributed by atoms with Crippen molar-refractivity contribution in [2.45, 2.75) is 39.3 Å². The summed E-state index contributed by atoms with van der Waals surface area (Å²) >= 11 is 5.92. The van der Waals surface area contributed by atoms with Gasteiger partial charge in [-0.3, -0.25) is 4.79 Å². The number of imidazole rings is 1. The molecule has 2 aromatic heterocycles. The van der Waals surface area contributed by atoms with Crippen molar-refractivity contribution in [3.63, 3.8) is 0 Å². The van der Waals surface area contributed by atoms with Crippen LogP contribution in [0.2, 0.25) is 0 Å². The molecule has 0 radical (unpaired) electrons. The lowest BCUT2D eigenvalue weighted by Gasteiger charge is -2.23. The lowest BCUT2D eigenvalue weighted by molar-refractivity contribution is -0.139. The van der Waals surface area contributed by atoms with E-state index in [1.807, 2.05) is 30.3 Å². The maximum Gasteiger partial charge on any atom is 0.341 e. The topological polar surface area (TPSA) is 124 Å². The van der Waals surface area contributed by atoms with Crippen LogP contribution in [0.15, 0.2) is 48.5 Å². The van der Waals surface area contributed by atoms with Gasteiger partial charge in [0.05, 0.1) is 11.0 Å². The minimum absolute atomic E-state index is 0.128. The number of para-hydroxylation sites is 1. The number of nitrogens with zero attached hydrogens (tertiary/aromatic N) is 4. The third kappa shape index (κ3) is 6.11. The van der Waals surface area contributed by atoms with Crippen molar-refractivity contribution in [3.05, 3.63) is 59.9 Å². The number of anilines is 1. The molecule has 0 unspecified atom stereocenters. The highest BCUT2D eigenvalue weighted by Gasteiger charge is 2.18. The van der Waals surface area contributed by atoms with Crippen LogP contribution in [0.3, 0.4) is 0 Å². The first-order valence-corrected chi connectivity index (χ1v) is 12.7. The maximum atomic E-state index is 12.7. The second-order valence-corrected chi connectivity index (χ2v) is 9.04. The number of carbonyl (C=O) groups is 2. The number of nitrogen functional groups attached to an aromatic ring is 1. The molecule has 0 aliphatic heterocycles. The predicted octanol–water partition coefficient (Wildman–Crippen LogP) is 4.24. The largest absolute Gasteiger partial charge is 0.482 e. The number of rotatable bonds is 12. The van der Waals surface area contributed by atoms with Crippen LogP contribution in [-0.4, -0.2) is 55.4 Å². The van der Waals surface area contributed by atoms with Gasteiger partial charge in [0.1, 0.15) is 23.0 Å². The summed E-state index contributed by atoms with van der Waals surface area (Å²) in [6.07, 6.45) is 2.41. The number of alkyl halides is 1. The summed E-state index contributed by atoms with van der Waals surface area (Å²) in [6.45, 7) is 3.14. The molecular formula is C27H30ClN5O4. The number of aromatic nitrogens is 3. The molecule has 2 aromatic carbocycles. The molecule has 37 heavy (non-hydrogen) atoms. The van der Waals surface area contributed by atoms with Crippen LogP contribution in [0.25, 0.3) is 21.9 Å². The van der Waals surface area contributed by atoms with E-state index in [0.29, 0.717) is 43.1 Å². The highest BCUT2D eigenvalue weighted by Crippen LogP contribution is 2.29. The summed E-state index contributed by atoms with van der Waals surface area (Å²) in [5, 5.41) is 9.85. The summed E-state index contributed by atoms with van der Waals surface area (Å²) in [5.41, 5.74) is 9.59. The number of pyridine rings is 1. The number of halogens is 1. The Hall–Kier alpha value is -3.85. The van der Waals surface area contributed by atoms with E-state index in [1.54, 1.807) is 23.1 Å². The van der Waals surface area contributed by atoms with E-state index in [1.165, 1.54) is 0 Å². The zero-order valence-corrected chi connectivity index (χ0v) is 21.4. The van der Waals surface area contributed by atoms with E-state index in [9.17, 15) is 9.59 Å². The van der Waals surface area contributed by atoms with Crippen LogP contribution in [-0.2, 0) is 29.1 Å². The number of amides is 1. The fraction of sp³-hybridized carbons (Fsp3) is 0.333. The van der Waals surface area contributed by atoms with Gasteiger partial charge in [-0.25, -0.2) is 14.8 Å². The van der Waals surface area contributed by atoms with Crippen molar-refractivity contribution in [1.29, 1.82) is 0 Å². The number of carboxylic acids is 1. The molecular weight excluding hydrogens is 494 g/mol. The molecule has 0 aliphatic carbocycles. The van der Waals surface area contributed by atoms with E-state index in [-0.39, 0.29) is 11.8 Å². The SMILES string of the molecule is CCCc1nc2c(N)nc3ccccc3c2n1CCCN(Cc1cccc(OCC(=O)O)c1)C(=O)CCl. The molecule has 3 N–H and O–H groups in total. The van der Waals surface area contributed by atoms with Gasteiger partial charge in [-0.2, -0.15) is 0 Å². The summed E-state index contributed by atoms with van der Waals surface area (Å²) in [6, 6.07) is 14.9. The van der Waals surface area contributed by atoms with Crippen LogP contribution < -0.4 is 10.5 Å². The average Bonchev–Trinajstić information content (AvgIpc) is 3.26. The molecule has 2 heterocycles. The van der Waals surface area contributed by atoms with E-state index in [0.717, 1.165) is 40.6 Å². The first-order chi connectivity index (χ1) is 17.9. The molecule has 0 aliphatic rings. The minimum atomic E-state index is -1.05. The monoisotopic (exact) mass is 523 g/mol. The summed E-state index contributed by atoms with van der Waals surface area (Å²) in [4.78, 5) is 34.5. The Balaban J connectivity index is 1.56. The van der Waals surface area contributed by atoms with Crippen LogP contribution in [0.1, 0.15) is 31.2 Å². The summed E-state index contributed by atoms with van der Waals surface area (Å²) < 4.78 is 7.47. The number of nitrogens with two attached hydrogens (primary N) is 1. The Bertz CT molecular complexity index is 1420. The average molecular weight is 524 g/mol. The van der Waals surface area contributed by atoms with Crippen molar-refractivity contribution in [3.8, 4) is 5.75 Å². The number of benzene rings is 2. The molecule has 10 heteroatoms. The van der Waals surface area contributed by atoms with E-state index in [4.69, 9.17) is 32.2 Å². The maximum absolute atomic E-state index is 12.7. The van der Waals surface area contributed by atoms with Gasteiger partial charge in [-0.1, -0.05) is 37.3 Å². The van der Waals surface area contributed by atoms with Gasteiger partial charge >= 0.3 is 5.97 Å². The molecule has 0 fully saturated rings. The number of aryl methyl sites for hydroxylation is 2. The third-order valence-corrected chi connectivity index (χ3v) is 6.30. The molecule has 4 aromatic rings. The second kappa shape index (κ2) is 11.9. The summed E-state index contributed by atoms with van der Waals surface area (Å²) in [7, 11) is 0. The van der Waals surface area contributed by atoms with Crippen LogP contribution >= 0.6 is 11.6 Å². The van der Waals surface area contributed by atoms with Crippen LogP contribution in [0, 0.1) is 0 Å². The van der Waals surface area contributed by atoms with Crippen molar-refractivity contribution in [2.24, 2.45) is 0 Å². The van der Waals surface area contributed by atoms with Gasteiger partial charge in [-0.05, 0) is 36.6 Å². The molecule has 0 saturated heterocycles. The van der Waals surface area contributed by atoms with Gasteiger partial charge in [-0.15, -0.1) is 11.6 Å². The number of fused-ring (bicyclic) bond motifs is 3. The second-order valence-electron chi connectivity index (χ2n) is 8.77. The molecule has 4 rings (SSSR count). The first kappa shape index (κ1) is 26.2. The van der Waals surface area contributed by atoms with E-state index < -0.39 is 12.6 Å². The zero-order chi connectivity index (χ0) is 26.4. The Morgan fingerprint density at radius 1 is 1.16 bits per heavy atom. The van der Waals surface area contributed by atoms with Gasteiger partial charge in [0.25, 0.3) is 0 Å². The molecule has 0 bridgehead atoms. The number of ether oxygens (including phenoxy) is 1. The molecule has 0 spiro atoms. The van der Waals surface area contributed by atoms with Crippen molar-refractivity contribution in [2.75, 3.05) is 24.8 Å². The molecule has 9 nitrogen and oxygen atoms in total. The number of aliphatic carboxylic acids is 1. The normalized spacial score (nSPS) is 11.2. The molecule has 194 valence electrons. The Morgan fingerprint density at radius 2 is 1.97 bits per heavy atom. The Kier molecular flexibility index (Phi) is 8.45. The van der Waals surface area contributed by atoms with Gasteiger partial charge < -0.3 is 25.0 Å². The highest BCUT2D eigenvalue weighted by molar-refractivity contribution is 6.27. The lowest BCUT2D eigenvalue weighted by atomic mass is 10.1. The van der Waals surface area contributed by atoms with Crippen LogP contribution in [0.4, 0.5) is 5.82 Å². The van der Waals surface area contributed by atoms with Crippen molar-refractivity contribution >= 4 is 51.2 Å². The van der Waals surface area contributed by atoms with E-state index >= 15 is 0 Å². The van der Waals surface area contributed by atoms with Crippen molar-refractivity contribution < 1.29 is 19.4 Å². The highest BCUT2D eigenvalue weighted by atomic mass is 35.5. The van der Waals surface area contributed by atoms with E-state index in [2.05, 4.69) is 16.5 Å². The molecule has 0 saturated carbocycles. The quantitative estimate of drug-likeness (QED) is 0.266. The predicted molar refractivity (Wildman–Crippen MR) is 144 cm³/mol. The van der Waals surface area contributed by atoms with Crippen molar-refractivity contribution in [1.82, 2.24) is 19.4 Å². The summed E-state index contributed by atoms with van der Waals surface area (Å²) in [5.74, 6) is 0.433. The minimum Gasteiger partial charge on any atom is -0.482 e. The van der Waals surface area contributed by atoms with Gasteiger partial charge in [0, 0.05) is 31.4 Å². The number of hydrogen-bond acceptors (Lipinski definition) is 6. The van der Waals surface area contributed by atoms with Crippen LogP contribution in [0.5, 0.6) is 5.75 Å². The molecule has 0 atom stereocenters. The zero-order valence-electron chi connectivity index (χ0n) is 20.7. The Morgan fingerprint density at radius 3 is 2.73 bits per heavy atom. The standard InChI is InChI=1S/C27H30ClN5O4/c1-2-7-22-31-25-26(20-10-3-4-11-21(20)30-27(25)29)33(22)13-6-12-32(23(34)15-28)16-18-8-5-9-19(14-18)37-17-24(35)36/h3-5,8-11,14H,2,6-7,12-13,15-17H2,1H3,(H2,29,30)(H,35,36). The van der Waals surface area contributed by atoms with Gasteiger partial charge in [0.2, 0.25) is 5.91 Å².